The zero-order valence-corrected chi connectivity index (χ0v) is 21.2. The average Bonchev–Trinajstić information content (AvgIpc) is 3.64. The zero-order chi connectivity index (χ0) is 26.1. The van der Waals surface area contributed by atoms with Crippen molar-refractivity contribution in [3.05, 3.63) is 120 Å². The number of hydrogen-bond acceptors (Lipinski definition) is 4. The number of pyridine rings is 1. The van der Waals surface area contributed by atoms with E-state index in [1.54, 1.807) is 0 Å². The molecule has 5 heteroatoms. The maximum Gasteiger partial charge on any atom is 0.304 e. The minimum atomic E-state index is -0.733. The Morgan fingerprint density at radius 2 is 1.47 bits per heavy atom. The molecule has 0 spiro atoms. The third-order valence-electron chi connectivity index (χ3n) is 7.54. The van der Waals surface area contributed by atoms with E-state index in [9.17, 15) is 9.90 Å². The summed E-state index contributed by atoms with van der Waals surface area (Å²) in [7, 11) is 0. The lowest BCUT2D eigenvalue weighted by molar-refractivity contribution is -0.137. The van der Waals surface area contributed by atoms with Crippen LogP contribution in [-0.4, -0.2) is 21.2 Å². The van der Waals surface area contributed by atoms with Gasteiger partial charge in [-0.15, -0.1) is 0 Å². The number of nitrogens with zero attached hydrogens (tertiary/aromatic N) is 2. The molecule has 38 heavy (non-hydrogen) atoms. The number of aryl methyl sites for hydroxylation is 1. The van der Waals surface area contributed by atoms with E-state index in [2.05, 4.69) is 65.8 Å². The predicted octanol–water partition coefficient (Wildman–Crippen LogP) is 7.48. The normalized spacial score (nSPS) is 13.8. The molecule has 2 heterocycles. The lowest BCUT2D eigenvalue weighted by Crippen LogP contribution is -2.12. The number of aromatic nitrogens is 2. The smallest absolute Gasteiger partial charge is 0.304 e. The number of carboxylic acid groups (broad SMARTS) is 1. The van der Waals surface area contributed by atoms with Gasteiger partial charge in [-0.3, -0.25) is 9.78 Å². The van der Waals surface area contributed by atoms with E-state index in [1.165, 1.54) is 0 Å². The summed E-state index contributed by atoms with van der Waals surface area (Å²) < 4.78 is 5.78. The Morgan fingerprint density at radius 3 is 2.13 bits per heavy atom. The van der Waals surface area contributed by atoms with Gasteiger partial charge in [-0.1, -0.05) is 90.1 Å². The zero-order valence-electron chi connectivity index (χ0n) is 21.2. The van der Waals surface area contributed by atoms with Crippen LogP contribution in [0.3, 0.4) is 0 Å². The molecule has 0 saturated heterocycles. The van der Waals surface area contributed by atoms with Crippen LogP contribution in [0.4, 0.5) is 0 Å². The predicted molar refractivity (Wildman–Crippen MR) is 148 cm³/mol. The number of benzene rings is 3. The molecular weight excluding hydrogens is 472 g/mol. The molecule has 1 saturated carbocycles. The summed E-state index contributed by atoms with van der Waals surface area (Å²) in [6, 6.07) is 32.9. The van der Waals surface area contributed by atoms with Crippen molar-refractivity contribution in [2.75, 3.05) is 0 Å². The first-order valence-corrected chi connectivity index (χ1v) is 12.9. The molecule has 0 aliphatic heterocycles. The fourth-order valence-electron chi connectivity index (χ4n) is 5.19. The molecule has 5 nitrogen and oxygen atoms in total. The standard InChI is InChI=1S/C33H28N2O3/c1-22-29(20-28-8-5-9-30(34-28)25-6-3-2-4-7-25)32(38-35-22)26-12-10-23(11-13-26)24-14-16-27(17-15-24)33(18-19-33)21-31(36)37/h2-17H,18-21H2,1H3,(H,36,37). The highest BCUT2D eigenvalue weighted by Gasteiger charge is 2.45. The van der Waals surface area contributed by atoms with Crippen molar-refractivity contribution < 1.29 is 14.4 Å². The molecule has 6 rings (SSSR count). The van der Waals surface area contributed by atoms with Crippen LogP contribution in [0.5, 0.6) is 0 Å². The quantitative estimate of drug-likeness (QED) is 0.239. The Bertz CT molecular complexity index is 1580. The van der Waals surface area contributed by atoms with E-state index in [-0.39, 0.29) is 11.8 Å². The Labute approximate surface area is 221 Å². The van der Waals surface area contributed by atoms with Crippen LogP contribution < -0.4 is 0 Å². The van der Waals surface area contributed by atoms with Crippen LogP contribution in [0.15, 0.2) is 102 Å². The minimum Gasteiger partial charge on any atom is -0.481 e. The van der Waals surface area contributed by atoms with Crippen molar-refractivity contribution in [1.82, 2.24) is 10.1 Å². The number of carbonyl (C=O) groups is 1. The van der Waals surface area contributed by atoms with Crippen molar-refractivity contribution in [2.24, 2.45) is 0 Å². The van der Waals surface area contributed by atoms with E-state index in [0.29, 0.717) is 6.42 Å². The monoisotopic (exact) mass is 500 g/mol. The highest BCUT2D eigenvalue weighted by atomic mass is 16.5. The molecule has 1 fully saturated rings. The summed E-state index contributed by atoms with van der Waals surface area (Å²) in [5.74, 6) is 0.0320. The molecule has 5 aromatic rings. The summed E-state index contributed by atoms with van der Waals surface area (Å²) in [6.07, 6.45) is 2.72. The first-order chi connectivity index (χ1) is 18.5. The highest BCUT2D eigenvalue weighted by molar-refractivity contribution is 5.72. The first-order valence-electron chi connectivity index (χ1n) is 12.9. The fraction of sp³-hybridized carbons (Fsp3) is 0.182. The Kier molecular flexibility index (Phi) is 6.12. The summed E-state index contributed by atoms with van der Waals surface area (Å²) in [5, 5.41) is 13.5. The van der Waals surface area contributed by atoms with Gasteiger partial charge >= 0.3 is 5.97 Å². The van der Waals surface area contributed by atoms with Gasteiger partial charge in [-0.05, 0) is 48.6 Å². The summed E-state index contributed by atoms with van der Waals surface area (Å²) >= 11 is 0. The maximum atomic E-state index is 11.3. The van der Waals surface area contributed by atoms with Gasteiger partial charge in [0.2, 0.25) is 0 Å². The number of aliphatic carboxylic acids is 1. The fourth-order valence-corrected chi connectivity index (χ4v) is 5.19. The SMILES string of the molecule is Cc1noc(-c2ccc(-c3ccc(C4(CC(=O)O)CC4)cc3)cc2)c1Cc1cccc(-c2ccccc2)n1. The highest BCUT2D eigenvalue weighted by Crippen LogP contribution is 2.51. The van der Waals surface area contributed by atoms with E-state index >= 15 is 0 Å². The molecule has 3 aromatic carbocycles. The van der Waals surface area contributed by atoms with Gasteiger partial charge in [0.1, 0.15) is 0 Å². The Balaban J connectivity index is 1.22. The van der Waals surface area contributed by atoms with Crippen LogP contribution in [0.1, 0.15) is 41.8 Å². The summed E-state index contributed by atoms with van der Waals surface area (Å²) in [4.78, 5) is 16.1. The van der Waals surface area contributed by atoms with E-state index in [1.807, 2.05) is 43.3 Å². The maximum absolute atomic E-state index is 11.3. The van der Waals surface area contributed by atoms with Crippen molar-refractivity contribution in [3.8, 4) is 33.7 Å². The molecule has 0 atom stereocenters. The Hall–Kier alpha value is -4.51. The average molecular weight is 501 g/mol. The topological polar surface area (TPSA) is 76.2 Å². The van der Waals surface area contributed by atoms with Gasteiger partial charge in [-0.25, -0.2) is 0 Å². The van der Waals surface area contributed by atoms with E-state index in [4.69, 9.17) is 9.51 Å². The van der Waals surface area contributed by atoms with Gasteiger partial charge < -0.3 is 9.63 Å². The van der Waals surface area contributed by atoms with Crippen LogP contribution in [0, 0.1) is 6.92 Å². The molecule has 0 radical (unpaired) electrons. The van der Waals surface area contributed by atoms with E-state index < -0.39 is 5.97 Å². The van der Waals surface area contributed by atoms with Crippen molar-refractivity contribution in [2.45, 2.75) is 38.0 Å². The van der Waals surface area contributed by atoms with Gasteiger partial charge in [-0.2, -0.15) is 0 Å². The molecule has 0 bridgehead atoms. The van der Waals surface area contributed by atoms with Gasteiger partial charge in [0.25, 0.3) is 0 Å². The van der Waals surface area contributed by atoms with Crippen LogP contribution in [0.2, 0.25) is 0 Å². The minimum absolute atomic E-state index is 0.176. The molecule has 2 aromatic heterocycles. The third kappa shape index (κ3) is 4.75. The van der Waals surface area contributed by atoms with Crippen LogP contribution >= 0.6 is 0 Å². The van der Waals surface area contributed by atoms with Crippen molar-refractivity contribution in [1.29, 1.82) is 0 Å². The molecular formula is C33H28N2O3. The number of rotatable bonds is 8. The second-order valence-electron chi connectivity index (χ2n) is 10.1. The van der Waals surface area contributed by atoms with Crippen LogP contribution in [0.25, 0.3) is 33.7 Å². The van der Waals surface area contributed by atoms with Crippen LogP contribution in [-0.2, 0) is 16.6 Å². The lowest BCUT2D eigenvalue weighted by Gasteiger charge is -2.13. The van der Waals surface area contributed by atoms with Gasteiger partial charge in [0.05, 0.1) is 17.8 Å². The molecule has 1 aliphatic rings. The number of hydrogen-bond donors (Lipinski definition) is 1. The first kappa shape index (κ1) is 23.9. The molecule has 0 amide bonds. The van der Waals surface area contributed by atoms with E-state index in [0.717, 1.165) is 69.1 Å². The third-order valence-corrected chi connectivity index (χ3v) is 7.54. The summed E-state index contributed by atoms with van der Waals surface area (Å²) in [5.41, 5.74) is 9.01. The second-order valence-corrected chi connectivity index (χ2v) is 10.1. The van der Waals surface area contributed by atoms with Crippen molar-refractivity contribution in [3.63, 3.8) is 0 Å². The molecule has 1 aliphatic carbocycles. The van der Waals surface area contributed by atoms with Gasteiger partial charge in [0, 0.05) is 34.2 Å². The van der Waals surface area contributed by atoms with Crippen molar-refractivity contribution >= 4 is 5.97 Å². The van der Waals surface area contributed by atoms with Gasteiger partial charge in [0.15, 0.2) is 5.76 Å². The molecule has 0 unspecified atom stereocenters. The lowest BCUT2D eigenvalue weighted by atomic mass is 9.91. The summed E-state index contributed by atoms with van der Waals surface area (Å²) in [6.45, 7) is 1.97. The molecule has 1 N–H and O–H groups in total. The number of carboxylic acids is 1. The second kappa shape index (κ2) is 9.75. The largest absolute Gasteiger partial charge is 0.481 e. The molecule has 188 valence electrons. The Morgan fingerprint density at radius 1 is 0.816 bits per heavy atom.